The second-order valence-electron chi connectivity index (χ2n) is 3.93. The number of likely N-dealkylation sites (N-methyl/N-ethyl adjacent to an activating group) is 1. The summed E-state index contributed by atoms with van der Waals surface area (Å²) in [7, 11) is 1.90. The molecule has 1 aliphatic heterocycles. The van der Waals surface area contributed by atoms with Gasteiger partial charge in [-0.2, -0.15) is 0 Å². The van der Waals surface area contributed by atoms with Crippen molar-refractivity contribution in [2.24, 2.45) is 0 Å². The minimum Gasteiger partial charge on any atom is -0.377 e. The van der Waals surface area contributed by atoms with Crippen molar-refractivity contribution in [3.8, 4) is 0 Å². The SMILES string of the molecule is CNCC1COCCN1c1ccccc1F. The van der Waals surface area contributed by atoms with Crippen LogP contribution in [0.15, 0.2) is 24.3 Å². The Labute approximate surface area is 95.2 Å². The van der Waals surface area contributed by atoms with Crippen LogP contribution in [0.2, 0.25) is 0 Å². The normalized spacial score (nSPS) is 21.1. The Hall–Kier alpha value is -1.13. The smallest absolute Gasteiger partial charge is 0.146 e. The number of para-hydroxylation sites is 1. The summed E-state index contributed by atoms with van der Waals surface area (Å²) in [5.74, 6) is -0.162. The Morgan fingerprint density at radius 1 is 1.50 bits per heavy atom. The molecule has 1 fully saturated rings. The fourth-order valence-corrected chi connectivity index (χ4v) is 2.06. The number of rotatable bonds is 3. The molecule has 4 heteroatoms. The molecule has 1 unspecified atom stereocenters. The minimum absolute atomic E-state index is 0.162. The predicted octanol–water partition coefficient (Wildman–Crippen LogP) is 1.25. The van der Waals surface area contributed by atoms with Gasteiger partial charge in [-0.05, 0) is 19.2 Å². The molecule has 1 saturated heterocycles. The molecule has 88 valence electrons. The average Bonchev–Trinajstić information content (AvgIpc) is 2.31. The van der Waals surface area contributed by atoms with Gasteiger partial charge in [0.1, 0.15) is 5.82 Å². The molecule has 2 rings (SSSR count). The lowest BCUT2D eigenvalue weighted by molar-refractivity contribution is 0.0940. The van der Waals surface area contributed by atoms with Crippen LogP contribution in [0, 0.1) is 5.82 Å². The molecular formula is C12H17FN2O. The van der Waals surface area contributed by atoms with Crippen molar-refractivity contribution in [1.29, 1.82) is 0 Å². The Bertz CT molecular complexity index is 344. The standard InChI is InChI=1S/C12H17FN2O/c1-14-8-10-9-16-7-6-15(10)12-5-3-2-4-11(12)13/h2-5,10,14H,6-9H2,1H3. The molecule has 3 nitrogen and oxygen atoms in total. The number of nitrogens with one attached hydrogen (secondary N) is 1. The van der Waals surface area contributed by atoms with Crippen LogP contribution < -0.4 is 10.2 Å². The molecule has 0 aliphatic carbocycles. The third kappa shape index (κ3) is 2.33. The van der Waals surface area contributed by atoms with Gasteiger partial charge in [0.15, 0.2) is 0 Å². The Balaban J connectivity index is 2.19. The first-order valence-corrected chi connectivity index (χ1v) is 5.56. The van der Waals surface area contributed by atoms with Gasteiger partial charge in [-0.15, -0.1) is 0 Å². The van der Waals surface area contributed by atoms with Crippen molar-refractivity contribution in [2.75, 3.05) is 38.3 Å². The first-order chi connectivity index (χ1) is 7.83. The molecule has 0 radical (unpaired) electrons. The summed E-state index contributed by atoms with van der Waals surface area (Å²) in [4.78, 5) is 2.08. The number of benzene rings is 1. The van der Waals surface area contributed by atoms with Gasteiger partial charge in [-0.1, -0.05) is 12.1 Å². The van der Waals surface area contributed by atoms with E-state index >= 15 is 0 Å². The monoisotopic (exact) mass is 224 g/mol. The van der Waals surface area contributed by atoms with Gasteiger partial charge < -0.3 is 15.0 Å². The van der Waals surface area contributed by atoms with Gasteiger partial charge in [0.2, 0.25) is 0 Å². The molecule has 0 aromatic heterocycles. The van der Waals surface area contributed by atoms with Gasteiger partial charge >= 0.3 is 0 Å². The number of hydrogen-bond acceptors (Lipinski definition) is 3. The van der Waals surface area contributed by atoms with E-state index < -0.39 is 0 Å². The van der Waals surface area contributed by atoms with Crippen LogP contribution in [0.25, 0.3) is 0 Å². The van der Waals surface area contributed by atoms with Crippen LogP contribution >= 0.6 is 0 Å². The quantitative estimate of drug-likeness (QED) is 0.836. The number of morpholine rings is 1. The van der Waals surface area contributed by atoms with E-state index in [0.717, 1.165) is 13.1 Å². The van der Waals surface area contributed by atoms with Crippen molar-refractivity contribution in [1.82, 2.24) is 5.32 Å². The lowest BCUT2D eigenvalue weighted by Gasteiger charge is -2.37. The van der Waals surface area contributed by atoms with E-state index in [0.29, 0.717) is 18.9 Å². The van der Waals surface area contributed by atoms with E-state index in [4.69, 9.17) is 4.74 Å². The maximum absolute atomic E-state index is 13.7. The van der Waals surface area contributed by atoms with Crippen molar-refractivity contribution in [3.05, 3.63) is 30.1 Å². The Morgan fingerprint density at radius 2 is 2.31 bits per heavy atom. The highest BCUT2D eigenvalue weighted by Gasteiger charge is 2.24. The predicted molar refractivity (Wildman–Crippen MR) is 62.3 cm³/mol. The zero-order valence-electron chi connectivity index (χ0n) is 9.45. The number of ether oxygens (including phenoxy) is 1. The summed E-state index contributed by atoms with van der Waals surface area (Å²) in [5, 5.41) is 3.11. The maximum atomic E-state index is 13.7. The molecule has 16 heavy (non-hydrogen) atoms. The molecule has 0 amide bonds. The number of anilines is 1. The average molecular weight is 224 g/mol. The van der Waals surface area contributed by atoms with Crippen molar-refractivity contribution < 1.29 is 9.13 Å². The van der Waals surface area contributed by atoms with Crippen molar-refractivity contribution in [3.63, 3.8) is 0 Å². The first-order valence-electron chi connectivity index (χ1n) is 5.56. The number of hydrogen-bond donors (Lipinski definition) is 1. The van der Waals surface area contributed by atoms with Crippen LogP contribution in [0.1, 0.15) is 0 Å². The third-order valence-electron chi connectivity index (χ3n) is 2.83. The van der Waals surface area contributed by atoms with Crippen molar-refractivity contribution in [2.45, 2.75) is 6.04 Å². The van der Waals surface area contributed by atoms with Gasteiger partial charge in [0.05, 0.1) is 24.9 Å². The summed E-state index contributed by atoms with van der Waals surface area (Å²) >= 11 is 0. The van der Waals surface area contributed by atoms with E-state index in [9.17, 15) is 4.39 Å². The fourth-order valence-electron chi connectivity index (χ4n) is 2.06. The molecule has 1 aromatic rings. The first kappa shape index (κ1) is 11.4. The molecule has 0 spiro atoms. The van der Waals surface area contributed by atoms with E-state index in [1.54, 1.807) is 6.07 Å². The largest absolute Gasteiger partial charge is 0.377 e. The van der Waals surface area contributed by atoms with E-state index in [1.165, 1.54) is 6.07 Å². The summed E-state index contributed by atoms with van der Waals surface area (Å²) in [6.45, 7) is 2.85. The highest BCUT2D eigenvalue weighted by atomic mass is 19.1. The summed E-state index contributed by atoms with van der Waals surface area (Å²) in [6.07, 6.45) is 0. The van der Waals surface area contributed by atoms with Crippen LogP contribution in [-0.4, -0.2) is 39.4 Å². The van der Waals surface area contributed by atoms with Crippen LogP contribution in [-0.2, 0) is 4.74 Å². The van der Waals surface area contributed by atoms with Crippen molar-refractivity contribution >= 4 is 5.69 Å². The molecule has 1 aliphatic rings. The van der Waals surface area contributed by atoms with Crippen LogP contribution in [0.4, 0.5) is 10.1 Å². The van der Waals surface area contributed by atoms with Gasteiger partial charge in [-0.25, -0.2) is 4.39 Å². The van der Waals surface area contributed by atoms with Gasteiger partial charge in [0, 0.05) is 13.1 Å². The van der Waals surface area contributed by atoms with Gasteiger partial charge in [0.25, 0.3) is 0 Å². The summed E-state index contributed by atoms with van der Waals surface area (Å²) in [5.41, 5.74) is 0.672. The lowest BCUT2D eigenvalue weighted by Crippen LogP contribution is -2.50. The van der Waals surface area contributed by atoms with E-state index in [1.807, 2.05) is 19.2 Å². The highest BCUT2D eigenvalue weighted by molar-refractivity contribution is 5.49. The molecule has 1 atom stereocenters. The number of nitrogens with zero attached hydrogens (tertiary/aromatic N) is 1. The molecule has 1 aromatic carbocycles. The molecular weight excluding hydrogens is 207 g/mol. The van der Waals surface area contributed by atoms with E-state index in [-0.39, 0.29) is 11.9 Å². The zero-order valence-corrected chi connectivity index (χ0v) is 9.45. The molecule has 0 bridgehead atoms. The molecule has 1 N–H and O–H groups in total. The Kier molecular flexibility index (Phi) is 3.74. The zero-order chi connectivity index (χ0) is 11.4. The number of halogens is 1. The summed E-state index contributed by atoms with van der Waals surface area (Å²) in [6, 6.07) is 7.11. The fraction of sp³-hybridized carbons (Fsp3) is 0.500. The topological polar surface area (TPSA) is 24.5 Å². The highest BCUT2D eigenvalue weighted by Crippen LogP contribution is 2.22. The van der Waals surface area contributed by atoms with Crippen LogP contribution in [0.3, 0.4) is 0 Å². The van der Waals surface area contributed by atoms with Gasteiger partial charge in [-0.3, -0.25) is 0 Å². The molecule has 0 saturated carbocycles. The Morgan fingerprint density at radius 3 is 3.06 bits per heavy atom. The second-order valence-corrected chi connectivity index (χ2v) is 3.93. The minimum atomic E-state index is -0.162. The third-order valence-corrected chi connectivity index (χ3v) is 2.83. The summed E-state index contributed by atoms with van der Waals surface area (Å²) < 4.78 is 19.1. The lowest BCUT2D eigenvalue weighted by atomic mass is 10.2. The molecule has 1 heterocycles. The van der Waals surface area contributed by atoms with E-state index in [2.05, 4.69) is 10.2 Å². The maximum Gasteiger partial charge on any atom is 0.146 e. The van der Waals surface area contributed by atoms with Crippen LogP contribution in [0.5, 0.6) is 0 Å². The second kappa shape index (κ2) is 5.27.